The molecule has 0 saturated carbocycles. The number of carbonyl (C=O) groups excluding carboxylic acids is 2. The molecule has 0 aliphatic heterocycles. The lowest BCUT2D eigenvalue weighted by atomic mass is 10.1. The van der Waals surface area contributed by atoms with Gasteiger partial charge in [-0.25, -0.2) is 0 Å². The summed E-state index contributed by atoms with van der Waals surface area (Å²) in [6.07, 6.45) is 3.19. The molecule has 2 aromatic rings. The van der Waals surface area contributed by atoms with Gasteiger partial charge < -0.3 is 10.6 Å². The maximum atomic E-state index is 12.3. The molecule has 21 heavy (non-hydrogen) atoms. The van der Waals surface area contributed by atoms with Crippen LogP contribution >= 0.6 is 0 Å². The van der Waals surface area contributed by atoms with Gasteiger partial charge in [0.2, 0.25) is 11.8 Å². The molecular weight excluding hydrogens is 266 g/mol. The predicted octanol–water partition coefficient (Wildman–Crippen LogP) is 1.58. The monoisotopic (exact) mass is 283 g/mol. The van der Waals surface area contributed by atoms with Crippen molar-refractivity contribution >= 4 is 11.8 Å². The highest BCUT2D eigenvalue weighted by atomic mass is 16.2. The van der Waals surface area contributed by atoms with Crippen LogP contribution in [0.2, 0.25) is 0 Å². The second-order valence-electron chi connectivity index (χ2n) is 4.62. The minimum atomic E-state index is -0.736. The molecule has 2 rings (SSSR count). The average Bonchev–Trinajstić information content (AvgIpc) is 2.52. The Morgan fingerprint density at radius 3 is 2.52 bits per heavy atom. The summed E-state index contributed by atoms with van der Waals surface area (Å²) in [4.78, 5) is 27.6. The van der Waals surface area contributed by atoms with Gasteiger partial charge in [0.25, 0.3) is 0 Å². The van der Waals surface area contributed by atoms with Crippen LogP contribution in [0.5, 0.6) is 0 Å². The Labute approximate surface area is 123 Å². The van der Waals surface area contributed by atoms with Gasteiger partial charge in [0, 0.05) is 31.4 Å². The molecule has 0 radical (unpaired) electrons. The number of benzene rings is 1. The Hall–Kier alpha value is -2.69. The van der Waals surface area contributed by atoms with Gasteiger partial charge in [0.1, 0.15) is 6.04 Å². The molecular formula is C16H17N3O2. The summed E-state index contributed by atoms with van der Waals surface area (Å²) in [5, 5.41) is 5.46. The largest absolute Gasteiger partial charge is 0.350 e. The van der Waals surface area contributed by atoms with Crippen molar-refractivity contribution in [2.75, 3.05) is 0 Å². The van der Waals surface area contributed by atoms with E-state index in [1.165, 1.54) is 6.92 Å². The lowest BCUT2D eigenvalue weighted by Gasteiger charge is -2.17. The second kappa shape index (κ2) is 7.19. The topological polar surface area (TPSA) is 71.1 Å². The van der Waals surface area contributed by atoms with Gasteiger partial charge in [-0.3, -0.25) is 14.6 Å². The highest BCUT2D eigenvalue weighted by molar-refractivity contribution is 5.87. The minimum absolute atomic E-state index is 0.262. The van der Waals surface area contributed by atoms with Gasteiger partial charge in [-0.05, 0) is 11.6 Å². The van der Waals surface area contributed by atoms with Crippen LogP contribution in [0.15, 0.2) is 54.9 Å². The van der Waals surface area contributed by atoms with Crippen LogP contribution in [0.3, 0.4) is 0 Å². The SMILES string of the molecule is CC(=O)NC(C(=O)NCc1ccccc1)c1cccnc1. The lowest BCUT2D eigenvalue weighted by Crippen LogP contribution is -2.39. The quantitative estimate of drug-likeness (QED) is 0.875. The zero-order chi connectivity index (χ0) is 15.1. The molecule has 0 bridgehead atoms. The zero-order valence-corrected chi connectivity index (χ0v) is 11.7. The Morgan fingerprint density at radius 1 is 1.14 bits per heavy atom. The van der Waals surface area contributed by atoms with Crippen molar-refractivity contribution in [3.05, 3.63) is 66.0 Å². The normalized spacial score (nSPS) is 11.5. The number of rotatable bonds is 5. The number of pyridine rings is 1. The van der Waals surface area contributed by atoms with Gasteiger partial charge >= 0.3 is 0 Å². The Kier molecular flexibility index (Phi) is 5.04. The highest BCUT2D eigenvalue weighted by Crippen LogP contribution is 2.12. The number of carbonyl (C=O) groups is 2. The van der Waals surface area contributed by atoms with E-state index < -0.39 is 6.04 Å². The average molecular weight is 283 g/mol. The van der Waals surface area contributed by atoms with E-state index in [4.69, 9.17) is 0 Å². The third kappa shape index (κ3) is 4.42. The van der Waals surface area contributed by atoms with Crippen molar-refractivity contribution in [2.45, 2.75) is 19.5 Å². The molecule has 1 atom stereocenters. The van der Waals surface area contributed by atoms with Crippen LogP contribution in [0.4, 0.5) is 0 Å². The van der Waals surface area contributed by atoms with E-state index in [9.17, 15) is 9.59 Å². The number of hydrogen-bond donors (Lipinski definition) is 2. The molecule has 0 aliphatic carbocycles. The molecule has 0 fully saturated rings. The molecule has 0 spiro atoms. The molecule has 0 aliphatic rings. The summed E-state index contributed by atoms with van der Waals surface area (Å²) in [7, 11) is 0. The van der Waals surface area contributed by atoms with Gasteiger partial charge in [0.15, 0.2) is 0 Å². The van der Waals surface area contributed by atoms with E-state index in [0.717, 1.165) is 5.56 Å². The van der Waals surface area contributed by atoms with Crippen molar-refractivity contribution in [3.63, 3.8) is 0 Å². The summed E-state index contributed by atoms with van der Waals surface area (Å²) in [6.45, 7) is 1.80. The number of aromatic nitrogens is 1. The first-order chi connectivity index (χ1) is 10.2. The molecule has 1 heterocycles. The minimum Gasteiger partial charge on any atom is -0.350 e. The standard InChI is InChI=1S/C16H17N3O2/c1-12(20)19-15(14-8-5-9-17-11-14)16(21)18-10-13-6-3-2-4-7-13/h2-9,11,15H,10H2,1H3,(H,18,21)(H,19,20). The maximum absolute atomic E-state index is 12.3. The zero-order valence-electron chi connectivity index (χ0n) is 11.7. The first kappa shape index (κ1) is 14.7. The van der Waals surface area contributed by atoms with Crippen LogP contribution in [-0.2, 0) is 16.1 Å². The fourth-order valence-corrected chi connectivity index (χ4v) is 1.94. The molecule has 5 heteroatoms. The van der Waals surface area contributed by atoms with Crippen molar-refractivity contribution in [1.29, 1.82) is 0 Å². The third-order valence-electron chi connectivity index (χ3n) is 2.94. The predicted molar refractivity (Wildman–Crippen MR) is 79.1 cm³/mol. The van der Waals surface area contributed by atoms with Crippen LogP contribution in [0.25, 0.3) is 0 Å². The van der Waals surface area contributed by atoms with Crippen molar-refractivity contribution < 1.29 is 9.59 Å². The van der Waals surface area contributed by atoms with Crippen LogP contribution in [-0.4, -0.2) is 16.8 Å². The van der Waals surface area contributed by atoms with E-state index in [2.05, 4.69) is 15.6 Å². The van der Waals surface area contributed by atoms with Gasteiger partial charge in [0.05, 0.1) is 0 Å². The number of amides is 2. The number of nitrogens with zero attached hydrogens (tertiary/aromatic N) is 1. The van der Waals surface area contributed by atoms with E-state index in [1.54, 1.807) is 24.5 Å². The summed E-state index contributed by atoms with van der Waals surface area (Å²) in [6, 6.07) is 12.3. The van der Waals surface area contributed by atoms with Crippen molar-refractivity contribution in [2.24, 2.45) is 0 Å². The van der Waals surface area contributed by atoms with Crippen molar-refractivity contribution in [3.8, 4) is 0 Å². The third-order valence-corrected chi connectivity index (χ3v) is 2.94. The Balaban J connectivity index is 2.06. The summed E-state index contributed by atoms with van der Waals surface area (Å²) >= 11 is 0. The van der Waals surface area contributed by atoms with E-state index in [-0.39, 0.29) is 11.8 Å². The Bertz CT molecular complexity index is 599. The molecule has 2 amide bonds. The van der Waals surface area contributed by atoms with Crippen LogP contribution in [0, 0.1) is 0 Å². The smallest absolute Gasteiger partial charge is 0.247 e. The van der Waals surface area contributed by atoms with Gasteiger partial charge in [-0.1, -0.05) is 36.4 Å². The summed E-state index contributed by atoms with van der Waals surface area (Å²) < 4.78 is 0. The van der Waals surface area contributed by atoms with Gasteiger partial charge in [-0.2, -0.15) is 0 Å². The molecule has 1 aromatic carbocycles. The maximum Gasteiger partial charge on any atom is 0.247 e. The molecule has 0 saturated heterocycles. The lowest BCUT2D eigenvalue weighted by molar-refractivity contribution is -0.128. The van der Waals surface area contributed by atoms with Crippen LogP contribution in [0.1, 0.15) is 24.1 Å². The summed E-state index contributed by atoms with van der Waals surface area (Å²) in [5.41, 5.74) is 1.65. The van der Waals surface area contributed by atoms with E-state index in [0.29, 0.717) is 12.1 Å². The molecule has 1 aromatic heterocycles. The molecule has 108 valence electrons. The number of hydrogen-bond acceptors (Lipinski definition) is 3. The fraction of sp³-hybridized carbons (Fsp3) is 0.188. The highest BCUT2D eigenvalue weighted by Gasteiger charge is 2.21. The second-order valence-corrected chi connectivity index (χ2v) is 4.62. The first-order valence-electron chi connectivity index (χ1n) is 6.65. The van der Waals surface area contributed by atoms with Gasteiger partial charge in [-0.15, -0.1) is 0 Å². The molecule has 5 nitrogen and oxygen atoms in total. The first-order valence-corrected chi connectivity index (χ1v) is 6.65. The van der Waals surface area contributed by atoms with E-state index >= 15 is 0 Å². The van der Waals surface area contributed by atoms with Crippen molar-refractivity contribution in [1.82, 2.24) is 15.6 Å². The fourth-order valence-electron chi connectivity index (χ4n) is 1.94. The summed E-state index contributed by atoms with van der Waals surface area (Å²) in [5.74, 6) is -0.527. The molecule has 1 unspecified atom stereocenters. The number of nitrogens with one attached hydrogen (secondary N) is 2. The Morgan fingerprint density at radius 2 is 1.90 bits per heavy atom. The van der Waals surface area contributed by atoms with E-state index in [1.807, 2.05) is 30.3 Å². The van der Waals surface area contributed by atoms with Crippen LogP contribution < -0.4 is 10.6 Å². The molecule has 2 N–H and O–H groups in total.